The molecule has 5 heteroatoms. The van der Waals surface area contributed by atoms with Crippen LogP contribution in [0.5, 0.6) is 5.75 Å². The van der Waals surface area contributed by atoms with E-state index in [0.717, 1.165) is 30.6 Å². The molecule has 0 saturated carbocycles. The third kappa shape index (κ3) is 2.51. The summed E-state index contributed by atoms with van der Waals surface area (Å²) in [6, 6.07) is 7.22. The van der Waals surface area contributed by atoms with Crippen molar-refractivity contribution in [1.29, 1.82) is 0 Å². The second-order valence-corrected chi connectivity index (χ2v) is 5.18. The van der Waals surface area contributed by atoms with E-state index >= 15 is 0 Å². The number of nitrogen functional groups attached to an aromatic ring is 1. The number of aromatic nitrogens is 1. The van der Waals surface area contributed by atoms with E-state index in [4.69, 9.17) is 10.5 Å². The van der Waals surface area contributed by atoms with E-state index in [1.807, 2.05) is 12.3 Å². The zero-order valence-corrected chi connectivity index (χ0v) is 11.9. The van der Waals surface area contributed by atoms with Gasteiger partial charge in [0, 0.05) is 31.1 Å². The Balaban J connectivity index is 1.99. The number of anilines is 2. The first-order valence-corrected chi connectivity index (χ1v) is 7.00. The minimum atomic E-state index is -0.434. The molecule has 1 aliphatic heterocycles. The van der Waals surface area contributed by atoms with Crippen LogP contribution >= 0.6 is 0 Å². The molecule has 2 aromatic rings. The van der Waals surface area contributed by atoms with E-state index in [1.54, 1.807) is 12.3 Å². The standard InChI is InChI=1S/C16H18FN3O/c1-21-16-9-15(13(18)8-12(16)17)20-7-3-5-14(20)11-4-2-6-19-10-11/h2,4,6,8-10,14H,3,5,7,18H2,1H3. The Morgan fingerprint density at radius 3 is 3.00 bits per heavy atom. The number of methoxy groups -OCH3 is 1. The SMILES string of the molecule is COc1cc(N2CCCC2c2cccnc2)c(N)cc1F. The first kappa shape index (κ1) is 13.7. The summed E-state index contributed by atoms with van der Waals surface area (Å²) in [5.41, 5.74) is 8.42. The zero-order valence-electron chi connectivity index (χ0n) is 11.9. The van der Waals surface area contributed by atoms with Gasteiger partial charge in [-0.25, -0.2) is 4.39 Å². The maximum atomic E-state index is 13.7. The number of halogens is 1. The highest BCUT2D eigenvalue weighted by Crippen LogP contribution is 2.40. The number of pyridine rings is 1. The van der Waals surface area contributed by atoms with E-state index in [1.165, 1.54) is 13.2 Å². The highest BCUT2D eigenvalue weighted by Gasteiger charge is 2.28. The molecular weight excluding hydrogens is 269 g/mol. The van der Waals surface area contributed by atoms with Crippen LogP contribution in [0.3, 0.4) is 0 Å². The van der Waals surface area contributed by atoms with E-state index in [0.29, 0.717) is 5.69 Å². The van der Waals surface area contributed by atoms with Gasteiger partial charge in [-0.2, -0.15) is 0 Å². The summed E-state index contributed by atoms with van der Waals surface area (Å²) in [5.74, 6) is -0.216. The normalized spacial score (nSPS) is 18.0. The van der Waals surface area contributed by atoms with Crippen LogP contribution in [0, 0.1) is 5.82 Å². The van der Waals surface area contributed by atoms with Gasteiger partial charge in [0.15, 0.2) is 11.6 Å². The Morgan fingerprint density at radius 2 is 2.29 bits per heavy atom. The van der Waals surface area contributed by atoms with Crippen LogP contribution in [0.1, 0.15) is 24.4 Å². The average molecular weight is 287 g/mol. The smallest absolute Gasteiger partial charge is 0.167 e. The predicted molar refractivity (Wildman–Crippen MR) is 80.9 cm³/mol. The van der Waals surface area contributed by atoms with Crippen molar-refractivity contribution in [1.82, 2.24) is 4.98 Å². The van der Waals surface area contributed by atoms with Crippen LogP contribution in [0.25, 0.3) is 0 Å². The van der Waals surface area contributed by atoms with Gasteiger partial charge in [0.1, 0.15) is 0 Å². The number of benzene rings is 1. The van der Waals surface area contributed by atoms with E-state index < -0.39 is 5.82 Å². The Bertz CT molecular complexity index is 633. The fraction of sp³-hybridized carbons (Fsp3) is 0.312. The van der Waals surface area contributed by atoms with Crippen molar-refractivity contribution in [2.75, 3.05) is 24.3 Å². The minimum absolute atomic E-state index is 0.219. The van der Waals surface area contributed by atoms with Crippen molar-refractivity contribution in [3.63, 3.8) is 0 Å². The van der Waals surface area contributed by atoms with Crippen LogP contribution in [0.4, 0.5) is 15.8 Å². The Kier molecular flexibility index (Phi) is 3.64. The molecule has 1 unspecified atom stereocenters. The van der Waals surface area contributed by atoms with Crippen LogP contribution in [-0.2, 0) is 0 Å². The van der Waals surface area contributed by atoms with Crippen molar-refractivity contribution in [2.45, 2.75) is 18.9 Å². The number of rotatable bonds is 3. The van der Waals surface area contributed by atoms with E-state index in [2.05, 4.69) is 16.0 Å². The summed E-state index contributed by atoms with van der Waals surface area (Å²) >= 11 is 0. The molecule has 0 radical (unpaired) electrons. The van der Waals surface area contributed by atoms with E-state index in [-0.39, 0.29) is 11.8 Å². The number of nitrogens with two attached hydrogens (primary N) is 1. The monoisotopic (exact) mass is 287 g/mol. The first-order chi connectivity index (χ1) is 10.2. The molecule has 1 aromatic carbocycles. The minimum Gasteiger partial charge on any atom is -0.494 e. The van der Waals surface area contributed by atoms with Crippen molar-refractivity contribution in [3.8, 4) is 5.75 Å². The molecule has 0 bridgehead atoms. The van der Waals surface area contributed by atoms with Crippen molar-refractivity contribution < 1.29 is 9.13 Å². The number of nitrogens with zero attached hydrogens (tertiary/aromatic N) is 2. The van der Waals surface area contributed by atoms with Gasteiger partial charge in [-0.05, 0) is 24.5 Å². The molecule has 2 heterocycles. The molecule has 0 amide bonds. The highest BCUT2D eigenvalue weighted by atomic mass is 19.1. The third-order valence-corrected chi connectivity index (χ3v) is 3.93. The topological polar surface area (TPSA) is 51.4 Å². The van der Waals surface area contributed by atoms with Gasteiger partial charge in [0.05, 0.1) is 24.5 Å². The number of ether oxygens (including phenoxy) is 1. The molecule has 0 spiro atoms. The average Bonchev–Trinajstić information content (AvgIpc) is 2.97. The molecule has 21 heavy (non-hydrogen) atoms. The maximum absolute atomic E-state index is 13.7. The number of hydrogen-bond donors (Lipinski definition) is 1. The Hall–Kier alpha value is -2.30. The predicted octanol–water partition coefficient (Wildman–Crippen LogP) is 3.15. The fourth-order valence-electron chi connectivity index (χ4n) is 2.94. The van der Waals surface area contributed by atoms with Gasteiger partial charge in [0.25, 0.3) is 0 Å². The zero-order chi connectivity index (χ0) is 14.8. The molecule has 3 rings (SSSR count). The summed E-state index contributed by atoms with van der Waals surface area (Å²) in [6.07, 6.45) is 5.74. The number of hydrogen-bond acceptors (Lipinski definition) is 4. The first-order valence-electron chi connectivity index (χ1n) is 7.00. The largest absolute Gasteiger partial charge is 0.494 e. The second kappa shape index (κ2) is 5.60. The molecule has 1 aliphatic rings. The highest BCUT2D eigenvalue weighted by molar-refractivity contribution is 5.71. The van der Waals surface area contributed by atoms with Crippen LogP contribution in [-0.4, -0.2) is 18.6 Å². The van der Waals surface area contributed by atoms with E-state index in [9.17, 15) is 4.39 Å². The molecule has 0 aliphatic carbocycles. The molecule has 110 valence electrons. The van der Waals surface area contributed by atoms with Gasteiger partial charge in [0.2, 0.25) is 0 Å². The quantitative estimate of drug-likeness (QED) is 0.881. The molecule has 1 aromatic heterocycles. The molecule has 4 nitrogen and oxygen atoms in total. The lowest BCUT2D eigenvalue weighted by molar-refractivity contribution is 0.386. The molecular formula is C16H18FN3O. The van der Waals surface area contributed by atoms with Crippen molar-refractivity contribution >= 4 is 11.4 Å². The van der Waals surface area contributed by atoms with Crippen LogP contribution in [0.15, 0.2) is 36.7 Å². The fourth-order valence-corrected chi connectivity index (χ4v) is 2.94. The molecule has 1 saturated heterocycles. The van der Waals surface area contributed by atoms with Gasteiger partial charge < -0.3 is 15.4 Å². The van der Waals surface area contributed by atoms with Gasteiger partial charge >= 0.3 is 0 Å². The second-order valence-electron chi connectivity index (χ2n) is 5.18. The van der Waals surface area contributed by atoms with Crippen LogP contribution in [0.2, 0.25) is 0 Å². The van der Waals surface area contributed by atoms with Crippen LogP contribution < -0.4 is 15.4 Å². The lowest BCUT2D eigenvalue weighted by Gasteiger charge is -2.28. The van der Waals surface area contributed by atoms with Crippen molar-refractivity contribution in [3.05, 3.63) is 48.0 Å². The van der Waals surface area contributed by atoms with Crippen molar-refractivity contribution in [2.24, 2.45) is 0 Å². The molecule has 1 atom stereocenters. The van der Waals surface area contributed by atoms with Gasteiger partial charge in [-0.3, -0.25) is 4.98 Å². The lowest BCUT2D eigenvalue weighted by Crippen LogP contribution is -2.23. The van der Waals surface area contributed by atoms with Gasteiger partial charge in [-0.1, -0.05) is 6.07 Å². The Labute approximate surface area is 123 Å². The molecule has 1 fully saturated rings. The summed E-state index contributed by atoms with van der Waals surface area (Å²) in [5, 5.41) is 0. The summed E-state index contributed by atoms with van der Waals surface area (Å²) < 4.78 is 18.8. The molecule has 2 N–H and O–H groups in total. The summed E-state index contributed by atoms with van der Waals surface area (Å²) in [6.45, 7) is 0.887. The summed E-state index contributed by atoms with van der Waals surface area (Å²) in [7, 11) is 1.46. The summed E-state index contributed by atoms with van der Waals surface area (Å²) in [4.78, 5) is 6.39. The lowest BCUT2D eigenvalue weighted by atomic mass is 10.1. The van der Waals surface area contributed by atoms with Gasteiger partial charge in [-0.15, -0.1) is 0 Å². The Morgan fingerprint density at radius 1 is 1.43 bits per heavy atom. The third-order valence-electron chi connectivity index (χ3n) is 3.93. The maximum Gasteiger partial charge on any atom is 0.167 e.